The average Bonchev–Trinajstić information content (AvgIpc) is 2.43. The number of aromatic nitrogens is 1. The number of benzene rings is 1. The van der Waals surface area contributed by atoms with Crippen molar-refractivity contribution in [3.63, 3.8) is 0 Å². The molecular weight excluding hydrogens is 266 g/mol. The molecule has 1 aliphatic carbocycles. The second-order valence-corrected chi connectivity index (χ2v) is 5.52. The minimum Gasteiger partial charge on any atom is -0.481 e. The van der Waals surface area contributed by atoms with Gasteiger partial charge >= 0.3 is 5.97 Å². The predicted molar refractivity (Wildman–Crippen MR) is 78.9 cm³/mol. The molecule has 0 saturated heterocycles. The summed E-state index contributed by atoms with van der Waals surface area (Å²) in [5.74, 6) is -0.348. The van der Waals surface area contributed by atoms with Crippen molar-refractivity contribution in [1.29, 1.82) is 5.26 Å². The Labute approximate surface area is 122 Å². The molecule has 1 saturated carbocycles. The Bertz CT molecular complexity index is 745. The monoisotopic (exact) mass is 281 g/mol. The van der Waals surface area contributed by atoms with Crippen molar-refractivity contribution in [2.45, 2.75) is 31.2 Å². The molecule has 2 N–H and O–H groups in total. The maximum atomic E-state index is 11.0. The number of hydrogen-bond donors (Lipinski definition) is 2. The molecule has 1 aromatic heterocycles. The lowest BCUT2D eigenvalue weighted by Gasteiger charge is -2.42. The van der Waals surface area contributed by atoms with Gasteiger partial charge in [-0.15, -0.1) is 0 Å². The van der Waals surface area contributed by atoms with Gasteiger partial charge in [-0.25, -0.2) is 4.98 Å². The first kappa shape index (κ1) is 13.4. The van der Waals surface area contributed by atoms with Crippen molar-refractivity contribution in [2.75, 3.05) is 5.32 Å². The van der Waals surface area contributed by atoms with E-state index in [2.05, 4.69) is 16.4 Å². The number of nitriles is 1. The minimum absolute atomic E-state index is 0.0480. The van der Waals surface area contributed by atoms with Crippen LogP contribution in [0.25, 0.3) is 10.9 Å². The van der Waals surface area contributed by atoms with Crippen molar-refractivity contribution in [3.05, 3.63) is 35.9 Å². The molecule has 106 valence electrons. The molecule has 0 amide bonds. The van der Waals surface area contributed by atoms with Gasteiger partial charge in [0.05, 0.1) is 17.5 Å². The van der Waals surface area contributed by atoms with Crippen LogP contribution >= 0.6 is 0 Å². The number of pyridine rings is 1. The van der Waals surface area contributed by atoms with Crippen molar-refractivity contribution < 1.29 is 9.90 Å². The molecule has 21 heavy (non-hydrogen) atoms. The highest BCUT2D eigenvalue weighted by Crippen LogP contribution is 2.38. The average molecular weight is 281 g/mol. The van der Waals surface area contributed by atoms with E-state index in [0.29, 0.717) is 11.4 Å². The SMILES string of the molecule is N#Cc1cc2ccccc2nc1NC1(CC(=O)O)CCC1. The van der Waals surface area contributed by atoms with E-state index in [0.717, 1.165) is 30.2 Å². The molecule has 5 nitrogen and oxygen atoms in total. The summed E-state index contributed by atoms with van der Waals surface area (Å²) in [7, 11) is 0. The third-order valence-corrected chi connectivity index (χ3v) is 4.03. The van der Waals surface area contributed by atoms with Crippen LogP contribution in [0, 0.1) is 11.3 Å². The Hall–Kier alpha value is -2.61. The first-order valence-corrected chi connectivity index (χ1v) is 6.92. The molecule has 1 aromatic carbocycles. The molecule has 1 aliphatic rings. The smallest absolute Gasteiger partial charge is 0.305 e. The summed E-state index contributed by atoms with van der Waals surface area (Å²) in [6.45, 7) is 0. The summed E-state index contributed by atoms with van der Waals surface area (Å²) in [4.78, 5) is 15.5. The van der Waals surface area contributed by atoms with Crippen molar-refractivity contribution in [3.8, 4) is 6.07 Å². The van der Waals surface area contributed by atoms with Crippen molar-refractivity contribution >= 4 is 22.7 Å². The van der Waals surface area contributed by atoms with E-state index in [1.807, 2.05) is 24.3 Å². The van der Waals surface area contributed by atoms with Crippen molar-refractivity contribution in [2.24, 2.45) is 0 Å². The van der Waals surface area contributed by atoms with Crippen LogP contribution < -0.4 is 5.32 Å². The molecule has 0 radical (unpaired) electrons. The zero-order valence-corrected chi connectivity index (χ0v) is 11.5. The normalized spacial score (nSPS) is 16.0. The van der Waals surface area contributed by atoms with E-state index in [1.54, 1.807) is 6.07 Å². The minimum atomic E-state index is -0.832. The van der Waals surface area contributed by atoms with Gasteiger partial charge in [0.1, 0.15) is 11.9 Å². The van der Waals surface area contributed by atoms with Gasteiger partial charge in [-0.3, -0.25) is 4.79 Å². The van der Waals surface area contributed by atoms with Crippen LogP contribution in [0.1, 0.15) is 31.2 Å². The standard InChI is InChI=1S/C16H15N3O2/c17-10-12-8-11-4-1-2-5-13(11)18-15(12)19-16(6-3-7-16)9-14(20)21/h1-2,4-5,8H,3,6-7,9H2,(H,18,19)(H,20,21). The molecule has 1 fully saturated rings. The number of carbonyl (C=O) groups is 1. The lowest BCUT2D eigenvalue weighted by Crippen LogP contribution is -2.47. The highest BCUT2D eigenvalue weighted by molar-refractivity contribution is 5.83. The zero-order valence-electron chi connectivity index (χ0n) is 11.5. The summed E-state index contributed by atoms with van der Waals surface area (Å²) in [5, 5.41) is 22.5. The number of nitrogens with zero attached hydrogens (tertiary/aromatic N) is 2. The second kappa shape index (κ2) is 5.06. The summed E-state index contributed by atoms with van der Waals surface area (Å²) >= 11 is 0. The van der Waals surface area contributed by atoms with Crippen LogP contribution in [-0.2, 0) is 4.79 Å². The lowest BCUT2D eigenvalue weighted by atomic mass is 9.74. The Morgan fingerprint density at radius 1 is 1.43 bits per heavy atom. The van der Waals surface area contributed by atoms with E-state index in [1.165, 1.54) is 0 Å². The van der Waals surface area contributed by atoms with Crippen LogP contribution in [0.4, 0.5) is 5.82 Å². The third kappa shape index (κ3) is 2.52. The second-order valence-electron chi connectivity index (χ2n) is 5.52. The van der Waals surface area contributed by atoms with E-state index in [-0.39, 0.29) is 6.42 Å². The fourth-order valence-corrected chi connectivity index (χ4v) is 2.79. The van der Waals surface area contributed by atoms with Crippen LogP contribution in [0.2, 0.25) is 0 Å². The van der Waals surface area contributed by atoms with E-state index < -0.39 is 11.5 Å². The van der Waals surface area contributed by atoms with Gasteiger partial charge in [0.25, 0.3) is 0 Å². The molecule has 1 heterocycles. The number of carboxylic acid groups (broad SMARTS) is 1. The topological polar surface area (TPSA) is 86.0 Å². The lowest BCUT2D eigenvalue weighted by molar-refractivity contribution is -0.138. The molecule has 0 aliphatic heterocycles. The zero-order chi connectivity index (χ0) is 14.9. The van der Waals surface area contributed by atoms with Gasteiger partial charge in [-0.1, -0.05) is 18.2 Å². The maximum Gasteiger partial charge on any atom is 0.305 e. The van der Waals surface area contributed by atoms with Crippen LogP contribution in [-0.4, -0.2) is 21.6 Å². The first-order valence-electron chi connectivity index (χ1n) is 6.92. The molecule has 2 aromatic rings. The number of rotatable bonds is 4. The van der Waals surface area contributed by atoms with Gasteiger partial charge in [-0.2, -0.15) is 5.26 Å². The number of carboxylic acids is 1. The fourth-order valence-electron chi connectivity index (χ4n) is 2.79. The largest absolute Gasteiger partial charge is 0.481 e. The molecule has 0 unspecified atom stereocenters. The summed E-state index contributed by atoms with van der Waals surface area (Å²) in [6, 6.07) is 11.5. The highest BCUT2D eigenvalue weighted by Gasteiger charge is 2.39. The van der Waals surface area contributed by atoms with Gasteiger partial charge in [0.15, 0.2) is 0 Å². The number of hydrogen-bond acceptors (Lipinski definition) is 4. The van der Waals surface area contributed by atoms with Crippen LogP contribution in [0.15, 0.2) is 30.3 Å². The third-order valence-electron chi connectivity index (χ3n) is 4.03. The van der Waals surface area contributed by atoms with Gasteiger partial charge < -0.3 is 10.4 Å². The number of para-hydroxylation sites is 1. The van der Waals surface area contributed by atoms with Crippen LogP contribution in [0.5, 0.6) is 0 Å². The molecule has 5 heteroatoms. The van der Waals surface area contributed by atoms with Crippen LogP contribution in [0.3, 0.4) is 0 Å². The van der Waals surface area contributed by atoms with E-state index in [9.17, 15) is 10.1 Å². The van der Waals surface area contributed by atoms with Gasteiger partial charge in [0.2, 0.25) is 0 Å². The Kier molecular flexibility index (Phi) is 3.22. The Morgan fingerprint density at radius 3 is 2.81 bits per heavy atom. The molecule has 3 rings (SSSR count). The number of anilines is 1. The summed E-state index contributed by atoms with van der Waals surface area (Å²) in [6.07, 6.45) is 2.62. The molecule has 0 spiro atoms. The fraction of sp³-hybridized carbons (Fsp3) is 0.312. The van der Waals surface area contributed by atoms with Gasteiger partial charge in [0, 0.05) is 10.9 Å². The van der Waals surface area contributed by atoms with Crippen molar-refractivity contribution in [1.82, 2.24) is 4.98 Å². The number of aliphatic carboxylic acids is 1. The number of fused-ring (bicyclic) bond motifs is 1. The predicted octanol–water partition coefficient (Wildman–Crippen LogP) is 2.92. The molecular formula is C16H15N3O2. The molecule has 0 atom stereocenters. The highest BCUT2D eigenvalue weighted by atomic mass is 16.4. The Balaban J connectivity index is 1.99. The first-order chi connectivity index (χ1) is 10.1. The maximum absolute atomic E-state index is 11.0. The summed E-state index contributed by atoms with van der Waals surface area (Å²) in [5.41, 5.74) is 0.779. The Morgan fingerprint density at radius 2 is 2.19 bits per heavy atom. The number of nitrogens with one attached hydrogen (secondary N) is 1. The quantitative estimate of drug-likeness (QED) is 0.899. The summed E-state index contributed by atoms with van der Waals surface area (Å²) < 4.78 is 0. The van der Waals surface area contributed by atoms with E-state index >= 15 is 0 Å². The van der Waals surface area contributed by atoms with Gasteiger partial charge in [-0.05, 0) is 31.4 Å². The molecule has 0 bridgehead atoms. The van der Waals surface area contributed by atoms with E-state index in [4.69, 9.17) is 5.11 Å².